The minimum atomic E-state index is -0.261. The Hall–Kier alpha value is -1.82. The van der Waals surface area contributed by atoms with Crippen molar-refractivity contribution in [2.45, 2.75) is 13.8 Å². The summed E-state index contributed by atoms with van der Waals surface area (Å²) in [4.78, 5) is 12.1. The second-order valence-electron chi connectivity index (χ2n) is 4.03. The van der Waals surface area contributed by atoms with Crippen LogP contribution >= 0.6 is 15.9 Å². The summed E-state index contributed by atoms with van der Waals surface area (Å²) in [7, 11) is 1.57. The largest absolute Gasteiger partial charge is 0.496 e. The van der Waals surface area contributed by atoms with Gasteiger partial charge in [-0.05, 0) is 48.0 Å². The number of aromatic nitrogens is 1. The molecule has 0 saturated carbocycles. The molecule has 1 aromatic heterocycles. The lowest BCUT2D eigenvalue weighted by Gasteiger charge is -2.06. The van der Waals surface area contributed by atoms with Gasteiger partial charge in [0.25, 0.3) is 5.91 Å². The number of rotatable bonds is 3. The van der Waals surface area contributed by atoms with Crippen molar-refractivity contribution in [2.75, 3.05) is 12.4 Å². The van der Waals surface area contributed by atoms with Crippen LogP contribution in [0.3, 0.4) is 0 Å². The fraction of sp³-hybridized carbons (Fsp3) is 0.231. The molecule has 0 aliphatic heterocycles. The highest BCUT2D eigenvalue weighted by Gasteiger charge is 2.14. The first-order chi connectivity index (χ1) is 9.02. The molecule has 2 rings (SSSR count). The quantitative estimate of drug-likeness (QED) is 0.940. The van der Waals surface area contributed by atoms with E-state index in [1.54, 1.807) is 25.3 Å². The van der Waals surface area contributed by atoms with Crippen LogP contribution in [-0.4, -0.2) is 18.2 Å². The van der Waals surface area contributed by atoms with Gasteiger partial charge in [-0.3, -0.25) is 10.1 Å². The Kier molecular flexibility index (Phi) is 3.90. The van der Waals surface area contributed by atoms with E-state index in [-0.39, 0.29) is 5.91 Å². The number of methoxy groups -OCH3 is 1. The predicted octanol–water partition coefficient (Wildman–Crippen LogP) is 3.31. The highest BCUT2D eigenvalue weighted by molar-refractivity contribution is 9.10. The van der Waals surface area contributed by atoms with Crippen molar-refractivity contribution < 1.29 is 14.1 Å². The minimum absolute atomic E-state index is 0.261. The molecule has 0 bridgehead atoms. The average Bonchev–Trinajstić information content (AvgIpc) is 2.70. The van der Waals surface area contributed by atoms with Gasteiger partial charge < -0.3 is 9.26 Å². The van der Waals surface area contributed by atoms with Crippen LogP contribution in [0.15, 0.2) is 27.2 Å². The Morgan fingerprint density at radius 1 is 1.42 bits per heavy atom. The van der Waals surface area contributed by atoms with Crippen LogP contribution in [0.2, 0.25) is 0 Å². The van der Waals surface area contributed by atoms with Crippen molar-refractivity contribution in [3.63, 3.8) is 0 Å². The summed E-state index contributed by atoms with van der Waals surface area (Å²) in [6.07, 6.45) is 0. The third-order valence-corrected chi connectivity index (χ3v) is 3.42. The van der Waals surface area contributed by atoms with Crippen molar-refractivity contribution in [2.24, 2.45) is 0 Å². The summed E-state index contributed by atoms with van der Waals surface area (Å²) in [5.74, 6) is 0.778. The standard InChI is InChI=1S/C13H13BrN2O3/c1-7-8(2)16-19-13(7)15-12(17)9-4-5-11(18-3)10(14)6-9/h4-6H,1-3H3,(H,15,17). The topological polar surface area (TPSA) is 64.4 Å². The van der Waals surface area contributed by atoms with Gasteiger partial charge in [-0.25, -0.2) is 0 Å². The molecule has 0 atom stereocenters. The zero-order chi connectivity index (χ0) is 14.0. The molecule has 1 aromatic carbocycles. The lowest BCUT2D eigenvalue weighted by molar-refractivity contribution is 0.102. The van der Waals surface area contributed by atoms with Crippen molar-refractivity contribution >= 4 is 27.7 Å². The van der Waals surface area contributed by atoms with E-state index < -0.39 is 0 Å². The fourth-order valence-corrected chi connectivity index (χ4v) is 2.06. The molecule has 0 saturated heterocycles. The number of halogens is 1. The molecule has 19 heavy (non-hydrogen) atoms. The van der Waals surface area contributed by atoms with Crippen LogP contribution in [0, 0.1) is 13.8 Å². The number of ether oxygens (including phenoxy) is 1. The minimum Gasteiger partial charge on any atom is -0.496 e. The first-order valence-corrected chi connectivity index (χ1v) is 6.40. The Balaban J connectivity index is 2.21. The second kappa shape index (κ2) is 5.44. The van der Waals surface area contributed by atoms with Gasteiger partial charge in [0.1, 0.15) is 5.75 Å². The predicted molar refractivity (Wildman–Crippen MR) is 74.6 cm³/mol. The molecule has 0 fully saturated rings. The molecule has 5 nitrogen and oxygen atoms in total. The van der Waals surface area contributed by atoms with Gasteiger partial charge in [0.05, 0.1) is 17.3 Å². The highest BCUT2D eigenvalue weighted by atomic mass is 79.9. The molecular formula is C13H13BrN2O3. The van der Waals surface area contributed by atoms with Crippen molar-refractivity contribution in [3.05, 3.63) is 39.5 Å². The van der Waals surface area contributed by atoms with Gasteiger partial charge in [-0.2, -0.15) is 0 Å². The molecule has 0 aliphatic rings. The van der Waals surface area contributed by atoms with Crippen LogP contribution in [-0.2, 0) is 0 Å². The molecule has 1 amide bonds. The third-order valence-electron chi connectivity index (χ3n) is 2.80. The zero-order valence-corrected chi connectivity index (χ0v) is 12.4. The van der Waals surface area contributed by atoms with Gasteiger partial charge in [-0.1, -0.05) is 5.16 Å². The lowest BCUT2D eigenvalue weighted by Crippen LogP contribution is -2.12. The highest BCUT2D eigenvalue weighted by Crippen LogP contribution is 2.26. The molecule has 0 aliphatic carbocycles. The SMILES string of the molecule is COc1ccc(C(=O)Nc2onc(C)c2C)cc1Br. The van der Waals surface area contributed by atoms with Gasteiger partial charge >= 0.3 is 0 Å². The van der Waals surface area contributed by atoms with E-state index in [9.17, 15) is 4.79 Å². The van der Waals surface area contributed by atoms with E-state index in [1.165, 1.54) is 0 Å². The van der Waals surface area contributed by atoms with Gasteiger partial charge in [0.2, 0.25) is 5.88 Å². The molecule has 1 heterocycles. The Morgan fingerprint density at radius 2 is 2.16 bits per heavy atom. The number of hydrogen-bond acceptors (Lipinski definition) is 4. The molecule has 0 unspecified atom stereocenters. The first kappa shape index (κ1) is 13.6. The van der Waals surface area contributed by atoms with E-state index in [2.05, 4.69) is 26.4 Å². The zero-order valence-electron chi connectivity index (χ0n) is 10.8. The summed E-state index contributed by atoms with van der Waals surface area (Å²) >= 11 is 3.34. The average molecular weight is 325 g/mol. The number of hydrogen-bond donors (Lipinski definition) is 1. The molecule has 0 radical (unpaired) electrons. The number of amides is 1. The molecule has 2 aromatic rings. The molecule has 0 spiro atoms. The number of carbonyl (C=O) groups is 1. The Bertz CT molecular complexity index is 622. The molecule has 100 valence electrons. The smallest absolute Gasteiger partial charge is 0.258 e. The maximum atomic E-state index is 12.1. The van der Waals surface area contributed by atoms with Crippen LogP contribution in [0.1, 0.15) is 21.6 Å². The van der Waals surface area contributed by atoms with E-state index >= 15 is 0 Å². The summed E-state index contributed by atoms with van der Waals surface area (Å²) in [6, 6.07) is 5.09. The first-order valence-electron chi connectivity index (χ1n) is 5.60. The van der Waals surface area contributed by atoms with Gasteiger partial charge in [0, 0.05) is 11.1 Å². The van der Waals surface area contributed by atoms with E-state index in [0.29, 0.717) is 21.7 Å². The van der Waals surface area contributed by atoms with Crippen molar-refractivity contribution in [1.82, 2.24) is 5.16 Å². The number of carbonyl (C=O) groups excluding carboxylic acids is 1. The summed E-state index contributed by atoms with van der Waals surface area (Å²) < 4.78 is 10.9. The summed E-state index contributed by atoms with van der Waals surface area (Å²) in [5.41, 5.74) is 2.08. The third kappa shape index (κ3) is 2.78. The van der Waals surface area contributed by atoms with Crippen LogP contribution < -0.4 is 10.1 Å². The summed E-state index contributed by atoms with van der Waals surface area (Å²) in [6.45, 7) is 3.66. The molecular weight excluding hydrogens is 312 g/mol. The van der Waals surface area contributed by atoms with Crippen LogP contribution in [0.5, 0.6) is 5.75 Å². The van der Waals surface area contributed by atoms with Gasteiger partial charge in [-0.15, -0.1) is 0 Å². The monoisotopic (exact) mass is 324 g/mol. The number of benzene rings is 1. The molecule has 1 N–H and O–H groups in total. The maximum Gasteiger partial charge on any atom is 0.258 e. The number of aryl methyl sites for hydroxylation is 1. The summed E-state index contributed by atoms with van der Waals surface area (Å²) in [5, 5.41) is 6.47. The maximum absolute atomic E-state index is 12.1. The van der Waals surface area contributed by atoms with Crippen molar-refractivity contribution in [1.29, 1.82) is 0 Å². The lowest BCUT2D eigenvalue weighted by atomic mass is 10.2. The normalized spacial score (nSPS) is 10.3. The van der Waals surface area contributed by atoms with Crippen molar-refractivity contribution in [3.8, 4) is 5.75 Å². The van der Waals surface area contributed by atoms with E-state index in [0.717, 1.165) is 11.3 Å². The Labute approximate surface area is 119 Å². The molecule has 6 heteroatoms. The fourth-order valence-electron chi connectivity index (χ4n) is 1.51. The Morgan fingerprint density at radius 3 is 2.68 bits per heavy atom. The van der Waals surface area contributed by atoms with E-state index in [4.69, 9.17) is 9.26 Å². The second-order valence-corrected chi connectivity index (χ2v) is 4.88. The number of nitrogens with one attached hydrogen (secondary N) is 1. The van der Waals surface area contributed by atoms with Gasteiger partial charge in [0.15, 0.2) is 0 Å². The van der Waals surface area contributed by atoms with Crippen LogP contribution in [0.25, 0.3) is 0 Å². The van der Waals surface area contributed by atoms with Crippen LogP contribution in [0.4, 0.5) is 5.88 Å². The number of nitrogens with zero attached hydrogens (tertiary/aromatic N) is 1. The number of anilines is 1. The van der Waals surface area contributed by atoms with E-state index in [1.807, 2.05) is 13.8 Å².